The van der Waals surface area contributed by atoms with Gasteiger partial charge in [-0.2, -0.15) is 0 Å². The summed E-state index contributed by atoms with van der Waals surface area (Å²) in [5, 5.41) is 0. The molecule has 0 fully saturated rings. The molecule has 9 heteroatoms. The summed E-state index contributed by atoms with van der Waals surface area (Å²) < 4.78 is 15.1. The fourth-order valence-electron chi connectivity index (χ4n) is 5.30. The van der Waals surface area contributed by atoms with Crippen LogP contribution in [0.3, 0.4) is 0 Å². The van der Waals surface area contributed by atoms with Gasteiger partial charge in [0.1, 0.15) is 0 Å². The zero-order valence-electron chi connectivity index (χ0n) is 21.7. The Kier molecular flexibility index (Phi) is 7.37. The Morgan fingerprint density at radius 3 is 2.65 bits per heavy atom. The molecule has 0 N–H and O–H groups in total. The highest BCUT2D eigenvalue weighted by Gasteiger charge is 2.32. The number of carbonyl (C=O) groups is 1. The minimum absolute atomic E-state index is 0.0970. The van der Waals surface area contributed by atoms with E-state index in [1.807, 2.05) is 41.8 Å². The summed E-state index contributed by atoms with van der Waals surface area (Å²) >= 11 is 8.42. The van der Waals surface area contributed by atoms with Gasteiger partial charge in [0.25, 0.3) is 5.56 Å². The number of esters is 1. The van der Waals surface area contributed by atoms with Crippen LogP contribution in [0, 0.1) is 0 Å². The standard InChI is InChI=1S/C31H24Br2N2O4S/c1-3-38-25-15-18(14-24(33)29(25)39-17(2)36)16-26-30(37)35-28(20-8-11-21(32)12-9-20)23-13-10-19-6-4-5-7-22(19)27(23)34-31(35)40-26/h4-9,11-12,14-16,28H,3,10,13H2,1-2H3/b26-16-/t28-/m0/s1. The van der Waals surface area contributed by atoms with Gasteiger partial charge in [0.2, 0.25) is 0 Å². The molecule has 3 aromatic carbocycles. The number of ether oxygens (including phenoxy) is 2. The normalized spacial score (nSPS) is 16.1. The van der Waals surface area contributed by atoms with Gasteiger partial charge in [-0.1, -0.05) is 63.7 Å². The second-order valence-electron chi connectivity index (χ2n) is 9.52. The highest BCUT2D eigenvalue weighted by molar-refractivity contribution is 9.10. The number of thiazole rings is 1. The van der Waals surface area contributed by atoms with Gasteiger partial charge in [-0.25, -0.2) is 4.99 Å². The lowest BCUT2D eigenvalue weighted by Gasteiger charge is -2.30. The largest absolute Gasteiger partial charge is 0.490 e. The Hall–Kier alpha value is -3.27. The Labute approximate surface area is 251 Å². The Balaban J connectivity index is 1.55. The minimum atomic E-state index is -0.443. The molecular weight excluding hydrogens is 656 g/mol. The lowest BCUT2D eigenvalue weighted by atomic mass is 9.83. The first-order valence-corrected chi connectivity index (χ1v) is 15.3. The van der Waals surface area contributed by atoms with Crippen LogP contribution in [0.1, 0.15) is 48.6 Å². The van der Waals surface area contributed by atoms with Gasteiger partial charge in [-0.3, -0.25) is 14.2 Å². The summed E-state index contributed by atoms with van der Waals surface area (Å²) in [4.78, 5) is 31.4. The van der Waals surface area contributed by atoms with Gasteiger partial charge in [0.05, 0.1) is 27.4 Å². The van der Waals surface area contributed by atoms with E-state index in [0.29, 0.717) is 31.9 Å². The van der Waals surface area contributed by atoms with E-state index in [0.717, 1.165) is 45.3 Å². The number of hydrogen-bond donors (Lipinski definition) is 0. The fourth-order valence-corrected chi connectivity index (χ4v) is 7.10. The molecule has 0 saturated carbocycles. The number of allylic oxidation sites excluding steroid dienone is 1. The molecule has 0 radical (unpaired) electrons. The molecule has 40 heavy (non-hydrogen) atoms. The van der Waals surface area contributed by atoms with Crippen LogP contribution < -0.4 is 24.4 Å². The van der Waals surface area contributed by atoms with Crippen molar-refractivity contribution in [2.45, 2.75) is 32.7 Å². The maximum atomic E-state index is 14.0. The molecule has 1 aliphatic heterocycles. The van der Waals surface area contributed by atoms with Crippen LogP contribution in [0.15, 0.2) is 85.0 Å². The molecule has 0 bridgehead atoms. The number of nitrogens with zero attached hydrogens (tertiary/aromatic N) is 2. The van der Waals surface area contributed by atoms with Crippen LogP contribution >= 0.6 is 43.2 Å². The molecule has 1 atom stereocenters. The van der Waals surface area contributed by atoms with Crippen molar-refractivity contribution in [1.82, 2.24) is 4.57 Å². The zero-order valence-corrected chi connectivity index (χ0v) is 25.7. The van der Waals surface area contributed by atoms with Crippen molar-refractivity contribution in [3.8, 4) is 11.5 Å². The van der Waals surface area contributed by atoms with Crippen LogP contribution in [-0.2, 0) is 11.2 Å². The van der Waals surface area contributed by atoms with Crippen molar-refractivity contribution in [2.24, 2.45) is 4.99 Å². The Bertz CT molecular complexity index is 1870. The smallest absolute Gasteiger partial charge is 0.308 e. The molecule has 1 aromatic heterocycles. The van der Waals surface area contributed by atoms with Crippen molar-refractivity contribution in [1.29, 1.82) is 0 Å². The van der Waals surface area contributed by atoms with Gasteiger partial charge in [-0.15, -0.1) is 0 Å². The summed E-state index contributed by atoms with van der Waals surface area (Å²) in [6.07, 6.45) is 3.58. The number of fused-ring (bicyclic) bond motifs is 3. The van der Waals surface area contributed by atoms with Crippen LogP contribution in [0.5, 0.6) is 11.5 Å². The molecular formula is C31H24Br2N2O4S. The molecule has 0 unspecified atom stereocenters. The molecule has 0 amide bonds. The van der Waals surface area contributed by atoms with Crippen molar-refractivity contribution < 1.29 is 14.3 Å². The van der Waals surface area contributed by atoms with Gasteiger partial charge in [0, 0.05) is 17.0 Å². The zero-order chi connectivity index (χ0) is 28.0. The predicted molar refractivity (Wildman–Crippen MR) is 164 cm³/mol. The number of aryl methyl sites for hydroxylation is 1. The van der Waals surface area contributed by atoms with Gasteiger partial charge >= 0.3 is 5.97 Å². The predicted octanol–water partition coefficient (Wildman–Crippen LogP) is 6.17. The lowest BCUT2D eigenvalue weighted by molar-refractivity contribution is -0.132. The SMILES string of the molecule is CCOc1cc(/C=c2\sc3n(c2=O)[C@@H](c2ccc(Br)cc2)C2=C(N=3)c3ccccc3CC2)cc(Br)c1OC(C)=O. The van der Waals surface area contributed by atoms with Crippen molar-refractivity contribution >= 4 is 60.9 Å². The molecule has 2 aliphatic rings. The maximum absolute atomic E-state index is 14.0. The Morgan fingerprint density at radius 1 is 1.12 bits per heavy atom. The third-order valence-electron chi connectivity index (χ3n) is 6.93. The molecule has 4 aromatic rings. The number of hydrogen-bond acceptors (Lipinski definition) is 6. The van der Waals surface area contributed by atoms with E-state index in [4.69, 9.17) is 14.5 Å². The quantitative estimate of drug-likeness (QED) is 0.187. The average Bonchev–Trinajstić information content (AvgIpc) is 3.24. The minimum Gasteiger partial charge on any atom is -0.490 e. The second-order valence-corrected chi connectivity index (χ2v) is 12.3. The van der Waals surface area contributed by atoms with Gasteiger partial charge in [0.15, 0.2) is 16.3 Å². The van der Waals surface area contributed by atoms with Crippen molar-refractivity contribution in [3.05, 3.63) is 117 Å². The average molecular weight is 680 g/mol. The van der Waals surface area contributed by atoms with Gasteiger partial charge < -0.3 is 9.47 Å². The third-order valence-corrected chi connectivity index (χ3v) is 9.03. The van der Waals surface area contributed by atoms with E-state index in [1.165, 1.54) is 23.8 Å². The summed E-state index contributed by atoms with van der Waals surface area (Å²) in [7, 11) is 0. The number of halogens is 2. The molecule has 202 valence electrons. The fraction of sp³-hybridized carbons (Fsp3) is 0.194. The topological polar surface area (TPSA) is 69.9 Å². The second kappa shape index (κ2) is 11.0. The summed E-state index contributed by atoms with van der Waals surface area (Å²) in [6.45, 7) is 3.60. The molecule has 6 nitrogen and oxygen atoms in total. The summed E-state index contributed by atoms with van der Waals surface area (Å²) in [6, 6.07) is 19.9. The van der Waals surface area contributed by atoms with Crippen LogP contribution in [0.4, 0.5) is 0 Å². The first-order valence-electron chi connectivity index (χ1n) is 12.9. The number of aromatic nitrogens is 1. The first kappa shape index (κ1) is 26.9. The lowest BCUT2D eigenvalue weighted by Crippen LogP contribution is -2.38. The number of carbonyl (C=O) groups excluding carboxylic acids is 1. The molecule has 0 spiro atoms. The summed E-state index contributed by atoms with van der Waals surface area (Å²) in [5.41, 5.74) is 6.23. The number of benzene rings is 3. The van der Waals surface area contributed by atoms with Crippen molar-refractivity contribution in [3.63, 3.8) is 0 Å². The van der Waals surface area contributed by atoms with E-state index in [-0.39, 0.29) is 11.6 Å². The van der Waals surface area contributed by atoms with E-state index in [2.05, 4.69) is 62.2 Å². The van der Waals surface area contributed by atoms with E-state index < -0.39 is 5.97 Å². The number of rotatable bonds is 5. The molecule has 6 rings (SSSR count). The monoisotopic (exact) mass is 678 g/mol. The molecule has 2 heterocycles. The highest BCUT2D eigenvalue weighted by atomic mass is 79.9. The van der Waals surface area contributed by atoms with E-state index in [1.54, 1.807) is 6.07 Å². The van der Waals surface area contributed by atoms with Crippen LogP contribution in [0.2, 0.25) is 0 Å². The van der Waals surface area contributed by atoms with Crippen LogP contribution in [-0.4, -0.2) is 17.1 Å². The molecule has 1 aliphatic carbocycles. The Morgan fingerprint density at radius 2 is 1.90 bits per heavy atom. The van der Waals surface area contributed by atoms with Crippen molar-refractivity contribution in [2.75, 3.05) is 6.61 Å². The first-order chi connectivity index (χ1) is 19.3. The molecule has 0 saturated heterocycles. The van der Waals surface area contributed by atoms with E-state index >= 15 is 0 Å². The summed E-state index contributed by atoms with van der Waals surface area (Å²) in [5.74, 6) is 0.293. The highest BCUT2D eigenvalue weighted by Crippen LogP contribution is 2.41. The van der Waals surface area contributed by atoms with Gasteiger partial charge in [-0.05, 0) is 88.3 Å². The maximum Gasteiger partial charge on any atom is 0.308 e. The van der Waals surface area contributed by atoms with Crippen LogP contribution in [0.25, 0.3) is 11.8 Å². The van der Waals surface area contributed by atoms with E-state index in [9.17, 15) is 9.59 Å². The third kappa shape index (κ3) is 4.91.